The van der Waals surface area contributed by atoms with Crippen LogP contribution in [0.2, 0.25) is 0 Å². The van der Waals surface area contributed by atoms with Crippen molar-refractivity contribution in [2.75, 3.05) is 30.3 Å². The van der Waals surface area contributed by atoms with Crippen molar-refractivity contribution in [1.82, 2.24) is 9.55 Å². The summed E-state index contributed by atoms with van der Waals surface area (Å²) in [5.74, 6) is 0.0806. The normalized spacial score (nSPS) is 15.7. The van der Waals surface area contributed by atoms with Gasteiger partial charge in [-0.3, -0.25) is 24.0 Å². The van der Waals surface area contributed by atoms with Crippen LogP contribution in [0.1, 0.15) is 44.7 Å². The first-order valence-electron chi connectivity index (χ1n) is 11.1. The van der Waals surface area contributed by atoms with Gasteiger partial charge in [-0.05, 0) is 17.9 Å². The van der Waals surface area contributed by atoms with Gasteiger partial charge in [0, 0.05) is 25.1 Å². The van der Waals surface area contributed by atoms with Crippen LogP contribution in [-0.4, -0.2) is 35.1 Å². The van der Waals surface area contributed by atoms with Crippen molar-refractivity contribution in [1.29, 1.82) is 0 Å². The van der Waals surface area contributed by atoms with Crippen molar-refractivity contribution in [3.8, 4) is 0 Å². The molecule has 168 valence electrons. The minimum atomic E-state index is -0.606. The lowest BCUT2D eigenvalue weighted by atomic mass is 10.00. The number of benzene rings is 1. The Morgan fingerprint density at radius 2 is 1.97 bits per heavy atom. The Bertz CT molecular complexity index is 1040. The summed E-state index contributed by atoms with van der Waals surface area (Å²) in [5.41, 5.74) is 7.83. The van der Waals surface area contributed by atoms with Crippen LogP contribution in [0, 0.1) is 5.92 Å². The number of nitrogens with two attached hydrogens (primary N) is 1. The van der Waals surface area contributed by atoms with Crippen LogP contribution in [0.3, 0.4) is 0 Å². The average molecular weight is 429 g/mol. The smallest absolute Gasteiger partial charge is 0.330 e. The second-order valence-electron chi connectivity index (χ2n) is 8.77. The molecule has 0 saturated heterocycles. The first-order valence-corrected chi connectivity index (χ1v) is 11.1. The largest absolute Gasteiger partial charge is 0.383 e. The number of hydrogen-bond acceptors (Lipinski definition) is 4. The Morgan fingerprint density at radius 1 is 1.26 bits per heavy atom. The monoisotopic (exact) mass is 428 g/mol. The quantitative estimate of drug-likeness (QED) is 0.571. The van der Waals surface area contributed by atoms with Gasteiger partial charge in [-0.1, -0.05) is 51.5 Å². The zero-order valence-corrected chi connectivity index (χ0v) is 18.7. The number of nitrogens with zero attached hydrogens (tertiary/aromatic N) is 2. The van der Waals surface area contributed by atoms with Gasteiger partial charge in [-0.25, -0.2) is 4.79 Å². The Kier molecular flexibility index (Phi) is 7.33. The van der Waals surface area contributed by atoms with E-state index in [9.17, 15) is 14.4 Å². The van der Waals surface area contributed by atoms with E-state index in [1.807, 2.05) is 32.9 Å². The van der Waals surface area contributed by atoms with Gasteiger partial charge in [0.15, 0.2) is 12.2 Å². The molecular weight excluding hydrogens is 394 g/mol. The Morgan fingerprint density at radius 3 is 2.65 bits per heavy atom. The lowest BCUT2D eigenvalue weighted by Crippen LogP contribution is -3.13. The highest BCUT2D eigenvalue weighted by atomic mass is 16.2. The Balaban J connectivity index is 1.89. The molecule has 2 heterocycles. The van der Waals surface area contributed by atoms with E-state index in [2.05, 4.69) is 17.1 Å². The molecule has 1 aromatic carbocycles. The van der Waals surface area contributed by atoms with E-state index in [1.54, 1.807) is 0 Å². The predicted molar refractivity (Wildman–Crippen MR) is 122 cm³/mol. The van der Waals surface area contributed by atoms with E-state index in [1.165, 1.54) is 20.6 Å². The maximum absolute atomic E-state index is 13.4. The van der Waals surface area contributed by atoms with Crippen molar-refractivity contribution in [3.63, 3.8) is 0 Å². The maximum atomic E-state index is 13.4. The molecule has 0 fully saturated rings. The first kappa shape index (κ1) is 22.8. The van der Waals surface area contributed by atoms with Crippen LogP contribution >= 0.6 is 0 Å². The van der Waals surface area contributed by atoms with Crippen molar-refractivity contribution in [2.45, 2.75) is 53.1 Å². The van der Waals surface area contributed by atoms with Gasteiger partial charge in [-0.15, -0.1) is 0 Å². The van der Waals surface area contributed by atoms with E-state index >= 15 is 0 Å². The summed E-state index contributed by atoms with van der Waals surface area (Å²) in [5, 5.41) is 0. The van der Waals surface area contributed by atoms with E-state index in [4.69, 9.17) is 5.73 Å². The van der Waals surface area contributed by atoms with Crippen molar-refractivity contribution >= 4 is 17.4 Å². The van der Waals surface area contributed by atoms with E-state index in [0.29, 0.717) is 13.1 Å². The number of anilines is 2. The SMILES string of the molecule is CCCCN(C(=O)C[NH+]1CCc2ccccc2C1)c1c(N)n(CC(C)C)c(=O)[nH]c1=O. The van der Waals surface area contributed by atoms with Gasteiger partial charge >= 0.3 is 5.69 Å². The third-order valence-electron chi connectivity index (χ3n) is 5.78. The summed E-state index contributed by atoms with van der Waals surface area (Å²) in [7, 11) is 0. The standard InChI is InChI=1S/C23H33N5O3/c1-4-5-11-27(20-21(24)28(13-16(2)3)23(31)25-22(20)30)19(29)15-26-12-10-17-8-6-7-9-18(17)14-26/h6-9,16H,4-5,10-15,24H2,1-3H3,(H,25,30,31)/p+1. The zero-order valence-electron chi connectivity index (χ0n) is 18.7. The van der Waals surface area contributed by atoms with Crippen molar-refractivity contribution < 1.29 is 9.69 Å². The number of carbonyl (C=O) groups is 1. The number of nitrogens with one attached hydrogen (secondary N) is 2. The van der Waals surface area contributed by atoms with E-state index in [0.717, 1.165) is 37.3 Å². The van der Waals surface area contributed by atoms with Gasteiger partial charge in [0.2, 0.25) is 0 Å². The van der Waals surface area contributed by atoms with Gasteiger partial charge < -0.3 is 10.6 Å². The highest BCUT2D eigenvalue weighted by Crippen LogP contribution is 2.18. The fraction of sp³-hybridized carbons (Fsp3) is 0.522. The number of aromatic nitrogens is 2. The first-order chi connectivity index (χ1) is 14.8. The fourth-order valence-electron chi connectivity index (χ4n) is 4.17. The topological polar surface area (TPSA) is 106 Å². The van der Waals surface area contributed by atoms with E-state index < -0.39 is 11.2 Å². The molecule has 8 heteroatoms. The molecule has 0 spiro atoms. The molecule has 4 N–H and O–H groups in total. The number of nitrogen functional groups attached to an aromatic ring is 1. The summed E-state index contributed by atoms with van der Waals surface area (Å²) in [6.07, 6.45) is 2.54. The molecular formula is C23H34N5O3+. The van der Waals surface area contributed by atoms with Crippen LogP contribution in [0.4, 0.5) is 11.5 Å². The summed E-state index contributed by atoms with van der Waals surface area (Å²) >= 11 is 0. The van der Waals surface area contributed by atoms with Crippen LogP contribution in [0.5, 0.6) is 0 Å². The predicted octanol–water partition coefficient (Wildman–Crippen LogP) is 0.549. The molecule has 1 aromatic heterocycles. The minimum Gasteiger partial charge on any atom is -0.383 e. The van der Waals surface area contributed by atoms with Crippen molar-refractivity contribution in [3.05, 3.63) is 56.2 Å². The average Bonchev–Trinajstić information content (AvgIpc) is 2.73. The Labute approximate surface area is 182 Å². The number of hydrogen-bond donors (Lipinski definition) is 3. The lowest BCUT2D eigenvalue weighted by Gasteiger charge is -2.29. The minimum absolute atomic E-state index is 0.0610. The second kappa shape index (κ2) is 9.96. The maximum Gasteiger partial charge on any atom is 0.330 e. The molecule has 0 saturated carbocycles. The lowest BCUT2D eigenvalue weighted by molar-refractivity contribution is -0.907. The fourth-order valence-corrected chi connectivity index (χ4v) is 4.17. The highest BCUT2D eigenvalue weighted by molar-refractivity contribution is 5.96. The molecule has 0 bridgehead atoms. The van der Waals surface area contributed by atoms with Gasteiger partial charge in [0.1, 0.15) is 12.4 Å². The van der Waals surface area contributed by atoms with Gasteiger partial charge in [0.05, 0.1) is 6.54 Å². The molecule has 8 nitrogen and oxygen atoms in total. The van der Waals surface area contributed by atoms with Crippen LogP contribution in [-0.2, 0) is 24.3 Å². The van der Waals surface area contributed by atoms with Crippen LogP contribution < -0.4 is 26.8 Å². The number of aromatic amines is 1. The molecule has 1 aliphatic heterocycles. The Hall–Kier alpha value is -2.87. The second-order valence-corrected chi connectivity index (χ2v) is 8.77. The molecule has 1 aliphatic rings. The third kappa shape index (κ3) is 5.25. The molecule has 0 aliphatic carbocycles. The molecule has 1 unspecified atom stereocenters. The number of amides is 1. The number of H-pyrrole nitrogens is 1. The number of quaternary nitrogens is 1. The number of rotatable bonds is 8. The molecule has 3 rings (SSSR count). The number of carbonyl (C=O) groups excluding carboxylic acids is 1. The summed E-state index contributed by atoms with van der Waals surface area (Å²) < 4.78 is 1.36. The summed E-state index contributed by atoms with van der Waals surface area (Å²) in [4.78, 5) is 43.4. The molecule has 0 radical (unpaired) electrons. The molecule has 2 aromatic rings. The third-order valence-corrected chi connectivity index (χ3v) is 5.78. The number of unbranched alkanes of at least 4 members (excludes halogenated alkanes) is 1. The molecule has 31 heavy (non-hydrogen) atoms. The van der Waals surface area contributed by atoms with Gasteiger partial charge in [0.25, 0.3) is 11.5 Å². The highest BCUT2D eigenvalue weighted by Gasteiger charge is 2.28. The summed E-state index contributed by atoms with van der Waals surface area (Å²) in [6, 6.07) is 8.32. The molecule has 1 atom stereocenters. The molecule has 1 amide bonds. The number of fused-ring (bicyclic) bond motifs is 1. The van der Waals surface area contributed by atoms with Crippen molar-refractivity contribution in [2.24, 2.45) is 5.92 Å². The van der Waals surface area contributed by atoms with Gasteiger partial charge in [-0.2, -0.15) is 0 Å². The van der Waals surface area contributed by atoms with Crippen LogP contribution in [0.25, 0.3) is 0 Å². The van der Waals surface area contributed by atoms with E-state index in [-0.39, 0.29) is 29.9 Å². The summed E-state index contributed by atoms with van der Waals surface area (Å²) in [6.45, 7) is 8.65. The van der Waals surface area contributed by atoms with Crippen LogP contribution in [0.15, 0.2) is 33.9 Å². The zero-order chi connectivity index (χ0) is 22.5.